The highest BCUT2D eigenvalue weighted by Crippen LogP contribution is 2.32. The highest BCUT2D eigenvalue weighted by Gasteiger charge is 2.15. The molecule has 0 aromatic heterocycles. The summed E-state index contributed by atoms with van der Waals surface area (Å²) in [6.45, 7) is 0. The van der Waals surface area contributed by atoms with Gasteiger partial charge in [0.15, 0.2) is 0 Å². The average molecular weight is 345 g/mol. The number of benzene rings is 2. The van der Waals surface area contributed by atoms with Crippen LogP contribution in [0.1, 0.15) is 10.4 Å². The number of phenols is 1. The van der Waals surface area contributed by atoms with Crippen LogP contribution in [0, 0.1) is 5.82 Å². The predicted octanol–water partition coefficient (Wildman–Crippen LogP) is 4.20. The van der Waals surface area contributed by atoms with Gasteiger partial charge < -0.3 is 10.4 Å². The molecule has 98 valence electrons. The lowest BCUT2D eigenvalue weighted by molar-refractivity contribution is 0.102. The summed E-state index contributed by atoms with van der Waals surface area (Å²) < 4.78 is 13.4. The third kappa shape index (κ3) is 3.05. The van der Waals surface area contributed by atoms with E-state index < -0.39 is 11.7 Å². The van der Waals surface area contributed by atoms with Gasteiger partial charge in [-0.25, -0.2) is 4.39 Å². The Bertz CT molecular complexity index is 625. The van der Waals surface area contributed by atoms with E-state index in [1.54, 1.807) is 12.1 Å². The zero-order valence-electron chi connectivity index (χ0n) is 9.45. The number of amides is 1. The van der Waals surface area contributed by atoms with Crippen LogP contribution < -0.4 is 5.32 Å². The molecule has 2 aromatic rings. The van der Waals surface area contributed by atoms with Crippen molar-refractivity contribution in [1.29, 1.82) is 0 Å². The summed E-state index contributed by atoms with van der Waals surface area (Å²) in [5, 5.41) is 12.2. The summed E-state index contributed by atoms with van der Waals surface area (Å²) in [6.07, 6.45) is 0. The van der Waals surface area contributed by atoms with Crippen molar-refractivity contribution in [3.8, 4) is 5.75 Å². The van der Waals surface area contributed by atoms with Gasteiger partial charge in [-0.2, -0.15) is 0 Å². The Morgan fingerprint density at radius 3 is 2.63 bits per heavy atom. The first-order valence-electron chi connectivity index (χ1n) is 5.23. The van der Waals surface area contributed by atoms with Crippen LogP contribution in [-0.2, 0) is 0 Å². The predicted molar refractivity (Wildman–Crippen MR) is 75.2 cm³/mol. The fourth-order valence-corrected chi connectivity index (χ4v) is 2.41. The minimum absolute atomic E-state index is 0.0654. The summed E-state index contributed by atoms with van der Waals surface area (Å²) in [5.41, 5.74) is 0.353. The van der Waals surface area contributed by atoms with Crippen LogP contribution in [0.3, 0.4) is 0 Å². The molecule has 0 unspecified atom stereocenters. The Labute approximate surface area is 122 Å². The molecule has 0 aliphatic heterocycles. The minimum Gasteiger partial charge on any atom is -0.507 e. The summed E-state index contributed by atoms with van der Waals surface area (Å²) in [5.74, 6) is -1.20. The van der Waals surface area contributed by atoms with Crippen molar-refractivity contribution in [1.82, 2.24) is 0 Å². The number of phenolic OH excluding ortho intramolecular Hbond substituents is 1. The Hall–Kier alpha value is -1.59. The van der Waals surface area contributed by atoms with Crippen LogP contribution in [0.25, 0.3) is 0 Å². The van der Waals surface area contributed by atoms with E-state index in [4.69, 9.17) is 11.6 Å². The molecule has 1 amide bonds. The number of anilines is 1. The lowest BCUT2D eigenvalue weighted by Crippen LogP contribution is -2.13. The molecule has 0 saturated carbocycles. The van der Waals surface area contributed by atoms with E-state index in [0.717, 1.165) is 6.07 Å². The first-order valence-corrected chi connectivity index (χ1v) is 6.40. The molecule has 2 rings (SSSR count). The Balaban J connectivity index is 2.32. The number of para-hydroxylation sites is 1. The van der Waals surface area contributed by atoms with E-state index in [0.29, 0.717) is 4.47 Å². The smallest absolute Gasteiger partial charge is 0.259 e. The van der Waals surface area contributed by atoms with Crippen LogP contribution >= 0.6 is 27.5 Å². The molecule has 19 heavy (non-hydrogen) atoms. The monoisotopic (exact) mass is 343 g/mol. The fraction of sp³-hybridized carbons (Fsp3) is 0. The van der Waals surface area contributed by atoms with Gasteiger partial charge in [-0.05, 0) is 40.2 Å². The normalized spacial score (nSPS) is 10.3. The SMILES string of the molecule is O=C(Nc1c(Cl)cc(F)cc1Br)c1ccccc1O. The van der Waals surface area contributed by atoms with Gasteiger partial charge in [0.25, 0.3) is 5.91 Å². The van der Waals surface area contributed by atoms with E-state index in [1.165, 1.54) is 18.2 Å². The van der Waals surface area contributed by atoms with Gasteiger partial charge in [0.1, 0.15) is 11.6 Å². The van der Waals surface area contributed by atoms with Gasteiger partial charge in [-0.1, -0.05) is 23.7 Å². The molecular weight excluding hydrogens is 337 g/mol. The Morgan fingerprint density at radius 1 is 1.32 bits per heavy atom. The number of hydrogen-bond donors (Lipinski definition) is 2. The average Bonchev–Trinajstić information content (AvgIpc) is 2.34. The van der Waals surface area contributed by atoms with E-state index in [1.807, 2.05) is 0 Å². The maximum absolute atomic E-state index is 13.1. The molecule has 0 aliphatic rings. The molecular formula is C13H8BrClFNO2. The molecule has 0 aliphatic carbocycles. The molecule has 0 atom stereocenters. The maximum Gasteiger partial charge on any atom is 0.259 e. The Morgan fingerprint density at radius 2 is 2.00 bits per heavy atom. The number of carbonyl (C=O) groups excluding carboxylic acids is 1. The number of halogens is 3. The van der Waals surface area contributed by atoms with Crippen molar-refractivity contribution in [2.75, 3.05) is 5.32 Å². The van der Waals surface area contributed by atoms with E-state index in [2.05, 4.69) is 21.2 Å². The molecule has 0 bridgehead atoms. The van der Waals surface area contributed by atoms with Crippen molar-refractivity contribution in [3.05, 3.63) is 57.3 Å². The number of hydrogen-bond acceptors (Lipinski definition) is 2. The van der Waals surface area contributed by atoms with Crippen molar-refractivity contribution in [3.63, 3.8) is 0 Å². The lowest BCUT2D eigenvalue weighted by Gasteiger charge is -2.10. The summed E-state index contributed by atoms with van der Waals surface area (Å²) in [4.78, 5) is 12.0. The van der Waals surface area contributed by atoms with Crippen molar-refractivity contribution < 1.29 is 14.3 Å². The zero-order chi connectivity index (χ0) is 14.0. The number of nitrogens with one attached hydrogen (secondary N) is 1. The van der Waals surface area contributed by atoms with Crippen molar-refractivity contribution in [2.24, 2.45) is 0 Å². The van der Waals surface area contributed by atoms with Crippen molar-refractivity contribution >= 4 is 39.1 Å². The Kier molecular flexibility index (Phi) is 4.07. The largest absolute Gasteiger partial charge is 0.507 e. The first kappa shape index (κ1) is 13.8. The van der Waals surface area contributed by atoms with Crippen LogP contribution in [-0.4, -0.2) is 11.0 Å². The summed E-state index contributed by atoms with van der Waals surface area (Å²) >= 11 is 8.97. The zero-order valence-corrected chi connectivity index (χ0v) is 11.8. The van der Waals surface area contributed by atoms with Crippen molar-refractivity contribution in [2.45, 2.75) is 0 Å². The first-order chi connectivity index (χ1) is 8.99. The highest BCUT2D eigenvalue weighted by molar-refractivity contribution is 9.10. The highest BCUT2D eigenvalue weighted by atomic mass is 79.9. The van der Waals surface area contributed by atoms with Gasteiger partial charge in [0.2, 0.25) is 0 Å². The molecule has 3 nitrogen and oxygen atoms in total. The molecule has 6 heteroatoms. The molecule has 2 N–H and O–H groups in total. The molecule has 2 aromatic carbocycles. The lowest BCUT2D eigenvalue weighted by atomic mass is 10.2. The second kappa shape index (κ2) is 5.59. The summed E-state index contributed by atoms with van der Waals surface area (Å²) in [6, 6.07) is 8.37. The molecule has 0 heterocycles. The third-order valence-corrected chi connectivity index (χ3v) is 3.32. The molecule has 0 radical (unpaired) electrons. The third-order valence-electron chi connectivity index (χ3n) is 2.39. The van der Waals surface area contributed by atoms with Gasteiger partial charge in [-0.15, -0.1) is 0 Å². The van der Waals surface area contributed by atoms with Gasteiger partial charge in [0.05, 0.1) is 16.3 Å². The number of carbonyl (C=O) groups is 1. The minimum atomic E-state index is -0.535. The topological polar surface area (TPSA) is 49.3 Å². The number of rotatable bonds is 2. The maximum atomic E-state index is 13.1. The van der Waals surface area contributed by atoms with Gasteiger partial charge in [0, 0.05) is 4.47 Å². The second-order valence-corrected chi connectivity index (χ2v) is 4.98. The van der Waals surface area contributed by atoms with E-state index in [-0.39, 0.29) is 22.0 Å². The van der Waals surface area contributed by atoms with Crippen LogP contribution in [0.15, 0.2) is 40.9 Å². The second-order valence-electron chi connectivity index (χ2n) is 3.72. The van der Waals surface area contributed by atoms with Crippen LogP contribution in [0.2, 0.25) is 5.02 Å². The van der Waals surface area contributed by atoms with Gasteiger partial charge >= 0.3 is 0 Å². The van der Waals surface area contributed by atoms with Crippen LogP contribution in [0.5, 0.6) is 5.75 Å². The van der Waals surface area contributed by atoms with E-state index >= 15 is 0 Å². The standard InChI is InChI=1S/C13H8BrClFNO2/c14-9-5-7(16)6-10(15)12(9)17-13(19)8-3-1-2-4-11(8)18/h1-6,18H,(H,17,19). The molecule has 0 spiro atoms. The fourth-order valence-electron chi connectivity index (χ4n) is 1.51. The van der Waals surface area contributed by atoms with Gasteiger partial charge in [-0.3, -0.25) is 4.79 Å². The van der Waals surface area contributed by atoms with Crippen LogP contribution in [0.4, 0.5) is 10.1 Å². The molecule has 0 saturated heterocycles. The quantitative estimate of drug-likeness (QED) is 0.858. The molecule has 0 fully saturated rings. The summed E-state index contributed by atoms with van der Waals surface area (Å²) in [7, 11) is 0. The van der Waals surface area contributed by atoms with E-state index in [9.17, 15) is 14.3 Å². The number of aromatic hydroxyl groups is 1.